The SMILES string of the molecule is COc1ccc2c(c1)C(=O)[C@@H](C)C2. The number of hydrogen-bond acceptors (Lipinski definition) is 2. The lowest BCUT2D eigenvalue weighted by atomic mass is 10.1. The average molecular weight is 176 g/mol. The molecule has 0 saturated heterocycles. The topological polar surface area (TPSA) is 26.3 Å². The van der Waals surface area contributed by atoms with Crippen LogP contribution in [0.5, 0.6) is 5.75 Å². The fraction of sp³-hybridized carbons (Fsp3) is 0.364. The van der Waals surface area contributed by atoms with Crippen molar-refractivity contribution < 1.29 is 9.53 Å². The fourth-order valence-corrected chi connectivity index (χ4v) is 1.78. The van der Waals surface area contributed by atoms with Crippen LogP contribution in [0.25, 0.3) is 0 Å². The minimum Gasteiger partial charge on any atom is -0.497 e. The van der Waals surface area contributed by atoms with E-state index in [-0.39, 0.29) is 11.7 Å². The van der Waals surface area contributed by atoms with Gasteiger partial charge in [0, 0.05) is 11.5 Å². The second-order valence-electron chi connectivity index (χ2n) is 3.49. The van der Waals surface area contributed by atoms with Gasteiger partial charge in [-0.05, 0) is 24.1 Å². The molecule has 2 nitrogen and oxygen atoms in total. The molecule has 0 bridgehead atoms. The number of carbonyl (C=O) groups excluding carboxylic acids is 1. The Hall–Kier alpha value is -1.31. The molecule has 2 rings (SSSR count). The van der Waals surface area contributed by atoms with E-state index in [1.807, 2.05) is 25.1 Å². The minimum atomic E-state index is 0.141. The number of methoxy groups -OCH3 is 1. The summed E-state index contributed by atoms with van der Waals surface area (Å²) in [7, 11) is 1.62. The molecule has 0 heterocycles. The van der Waals surface area contributed by atoms with Crippen LogP contribution in [0.1, 0.15) is 22.8 Å². The van der Waals surface area contributed by atoms with Gasteiger partial charge in [0.25, 0.3) is 0 Å². The molecule has 0 unspecified atom stereocenters. The van der Waals surface area contributed by atoms with Crippen molar-refractivity contribution in [3.8, 4) is 5.75 Å². The van der Waals surface area contributed by atoms with Crippen LogP contribution in [-0.2, 0) is 6.42 Å². The highest BCUT2D eigenvalue weighted by molar-refractivity contribution is 6.02. The van der Waals surface area contributed by atoms with E-state index in [2.05, 4.69) is 0 Å². The Morgan fingerprint density at radius 2 is 2.23 bits per heavy atom. The van der Waals surface area contributed by atoms with Crippen molar-refractivity contribution in [2.24, 2.45) is 5.92 Å². The minimum absolute atomic E-state index is 0.141. The highest BCUT2D eigenvalue weighted by Gasteiger charge is 2.26. The second-order valence-corrected chi connectivity index (χ2v) is 3.49. The van der Waals surface area contributed by atoms with Gasteiger partial charge in [0.2, 0.25) is 0 Å². The molecular formula is C11H12O2. The third-order valence-electron chi connectivity index (χ3n) is 2.56. The van der Waals surface area contributed by atoms with Crippen LogP contribution in [0.2, 0.25) is 0 Å². The van der Waals surface area contributed by atoms with Gasteiger partial charge in [0.15, 0.2) is 5.78 Å². The van der Waals surface area contributed by atoms with Gasteiger partial charge in [0.05, 0.1) is 7.11 Å². The zero-order chi connectivity index (χ0) is 9.42. The summed E-state index contributed by atoms with van der Waals surface area (Å²) in [5.74, 6) is 1.15. The number of Topliss-reactive ketones (excluding diaryl/α,β-unsaturated/α-hetero) is 1. The van der Waals surface area contributed by atoms with Crippen molar-refractivity contribution in [2.75, 3.05) is 7.11 Å². The number of benzene rings is 1. The first-order valence-electron chi connectivity index (χ1n) is 4.43. The number of fused-ring (bicyclic) bond motifs is 1. The van der Waals surface area contributed by atoms with Crippen LogP contribution in [0.3, 0.4) is 0 Å². The van der Waals surface area contributed by atoms with Gasteiger partial charge in [0.1, 0.15) is 5.75 Å². The van der Waals surface area contributed by atoms with Gasteiger partial charge >= 0.3 is 0 Å². The van der Waals surface area contributed by atoms with E-state index < -0.39 is 0 Å². The summed E-state index contributed by atoms with van der Waals surface area (Å²) in [6.07, 6.45) is 0.873. The summed E-state index contributed by atoms with van der Waals surface area (Å²) in [6.45, 7) is 1.97. The first kappa shape index (κ1) is 8.30. The molecule has 1 aromatic rings. The van der Waals surface area contributed by atoms with E-state index in [1.165, 1.54) is 0 Å². The molecule has 1 aromatic carbocycles. The Balaban J connectivity index is 2.48. The van der Waals surface area contributed by atoms with Crippen LogP contribution in [-0.4, -0.2) is 12.9 Å². The van der Waals surface area contributed by atoms with E-state index in [4.69, 9.17) is 4.74 Å². The molecule has 0 aromatic heterocycles. The summed E-state index contributed by atoms with van der Waals surface area (Å²) < 4.78 is 5.07. The monoisotopic (exact) mass is 176 g/mol. The zero-order valence-electron chi connectivity index (χ0n) is 7.83. The fourth-order valence-electron chi connectivity index (χ4n) is 1.78. The summed E-state index contributed by atoms with van der Waals surface area (Å²) in [6, 6.07) is 5.72. The molecule has 0 fully saturated rings. The quantitative estimate of drug-likeness (QED) is 0.654. The van der Waals surface area contributed by atoms with Crippen LogP contribution >= 0.6 is 0 Å². The van der Waals surface area contributed by atoms with Crippen LogP contribution in [0.15, 0.2) is 18.2 Å². The molecule has 0 aliphatic heterocycles. The highest BCUT2D eigenvalue weighted by atomic mass is 16.5. The molecule has 0 saturated carbocycles. The molecule has 0 amide bonds. The van der Waals surface area contributed by atoms with E-state index >= 15 is 0 Å². The number of ether oxygens (including phenoxy) is 1. The first-order chi connectivity index (χ1) is 6.22. The van der Waals surface area contributed by atoms with Gasteiger partial charge in [-0.15, -0.1) is 0 Å². The van der Waals surface area contributed by atoms with Crippen molar-refractivity contribution in [1.82, 2.24) is 0 Å². The Labute approximate surface area is 77.5 Å². The van der Waals surface area contributed by atoms with Crippen molar-refractivity contribution in [1.29, 1.82) is 0 Å². The summed E-state index contributed by atoms with van der Waals surface area (Å²) >= 11 is 0. The number of hydrogen-bond donors (Lipinski definition) is 0. The maximum absolute atomic E-state index is 11.6. The van der Waals surface area contributed by atoms with Gasteiger partial charge in [-0.2, -0.15) is 0 Å². The van der Waals surface area contributed by atoms with Crippen molar-refractivity contribution in [3.63, 3.8) is 0 Å². The molecule has 68 valence electrons. The standard InChI is InChI=1S/C11H12O2/c1-7-5-8-3-4-9(13-2)6-10(8)11(7)12/h3-4,6-7H,5H2,1-2H3/t7-/m0/s1. The Kier molecular flexibility index (Phi) is 1.83. The lowest BCUT2D eigenvalue weighted by Gasteiger charge is -2.01. The predicted octanol–water partition coefficient (Wildman–Crippen LogP) is 2.07. The lowest BCUT2D eigenvalue weighted by Crippen LogP contribution is -2.02. The maximum atomic E-state index is 11.6. The molecule has 0 N–H and O–H groups in total. The van der Waals surface area contributed by atoms with Crippen molar-refractivity contribution in [3.05, 3.63) is 29.3 Å². The van der Waals surface area contributed by atoms with E-state index in [1.54, 1.807) is 7.11 Å². The number of carbonyl (C=O) groups is 1. The summed E-state index contributed by atoms with van der Waals surface area (Å²) in [5.41, 5.74) is 1.99. The Morgan fingerprint density at radius 1 is 1.46 bits per heavy atom. The first-order valence-corrected chi connectivity index (χ1v) is 4.43. The van der Waals surface area contributed by atoms with Crippen molar-refractivity contribution in [2.45, 2.75) is 13.3 Å². The van der Waals surface area contributed by atoms with Gasteiger partial charge < -0.3 is 4.74 Å². The van der Waals surface area contributed by atoms with Gasteiger partial charge in [-0.1, -0.05) is 13.0 Å². The average Bonchev–Trinajstić information content (AvgIpc) is 2.43. The van der Waals surface area contributed by atoms with Gasteiger partial charge in [-0.3, -0.25) is 4.79 Å². The molecular weight excluding hydrogens is 164 g/mol. The van der Waals surface area contributed by atoms with Crippen LogP contribution < -0.4 is 4.74 Å². The van der Waals surface area contributed by atoms with Crippen LogP contribution in [0.4, 0.5) is 0 Å². The predicted molar refractivity (Wildman–Crippen MR) is 50.2 cm³/mol. The largest absolute Gasteiger partial charge is 0.497 e. The summed E-state index contributed by atoms with van der Waals surface area (Å²) in [5, 5.41) is 0. The number of ketones is 1. The zero-order valence-corrected chi connectivity index (χ0v) is 7.83. The Bertz CT molecular complexity index is 355. The molecule has 0 radical (unpaired) electrons. The van der Waals surface area contributed by atoms with E-state index in [0.29, 0.717) is 0 Å². The molecule has 1 atom stereocenters. The lowest BCUT2D eigenvalue weighted by molar-refractivity contribution is 0.0946. The van der Waals surface area contributed by atoms with Crippen LogP contribution in [0, 0.1) is 5.92 Å². The summed E-state index contributed by atoms with van der Waals surface area (Å²) in [4.78, 5) is 11.6. The third-order valence-corrected chi connectivity index (χ3v) is 2.56. The van der Waals surface area contributed by atoms with Gasteiger partial charge in [-0.25, -0.2) is 0 Å². The van der Waals surface area contributed by atoms with E-state index in [0.717, 1.165) is 23.3 Å². The molecule has 2 heteroatoms. The van der Waals surface area contributed by atoms with Crippen molar-refractivity contribution >= 4 is 5.78 Å². The Morgan fingerprint density at radius 3 is 2.92 bits per heavy atom. The molecule has 1 aliphatic carbocycles. The molecule has 1 aliphatic rings. The molecule has 0 spiro atoms. The second kappa shape index (κ2) is 2.87. The number of rotatable bonds is 1. The highest BCUT2D eigenvalue weighted by Crippen LogP contribution is 2.29. The third kappa shape index (κ3) is 1.22. The molecule has 13 heavy (non-hydrogen) atoms. The normalized spacial score (nSPS) is 20.2. The smallest absolute Gasteiger partial charge is 0.166 e. The maximum Gasteiger partial charge on any atom is 0.166 e. The van der Waals surface area contributed by atoms with E-state index in [9.17, 15) is 4.79 Å².